The molecule has 5 nitrogen and oxygen atoms in total. The molecule has 0 fully saturated rings. The maximum absolute atomic E-state index is 10.9. The second-order valence-electron chi connectivity index (χ2n) is 3.07. The highest BCUT2D eigenvalue weighted by Gasteiger charge is 2.19. The molecule has 1 aromatic carbocycles. The number of hydrogen-bond acceptors (Lipinski definition) is 4. The van der Waals surface area contributed by atoms with Crippen molar-refractivity contribution in [1.29, 1.82) is 0 Å². The van der Waals surface area contributed by atoms with Crippen molar-refractivity contribution in [2.45, 2.75) is 6.04 Å². The molecule has 0 saturated heterocycles. The first kappa shape index (κ1) is 11.8. The zero-order valence-corrected chi connectivity index (χ0v) is 8.66. The van der Waals surface area contributed by atoms with Gasteiger partial charge in [-0.15, -0.1) is 0 Å². The van der Waals surface area contributed by atoms with E-state index in [-0.39, 0.29) is 28.4 Å². The minimum atomic E-state index is -1.10. The van der Waals surface area contributed by atoms with E-state index in [0.29, 0.717) is 0 Å². The molecular formula is C9H12ClN3O2. The smallest absolute Gasteiger partial charge is 0.336 e. The minimum Gasteiger partial charge on any atom is -0.478 e. The molecule has 1 rings (SSSR count). The fourth-order valence-electron chi connectivity index (χ4n) is 1.31. The number of rotatable bonds is 3. The number of carbonyl (C=O) groups is 1. The molecule has 82 valence electrons. The van der Waals surface area contributed by atoms with Gasteiger partial charge < -0.3 is 22.3 Å². The van der Waals surface area contributed by atoms with Gasteiger partial charge in [-0.1, -0.05) is 11.6 Å². The van der Waals surface area contributed by atoms with Crippen LogP contribution in [0.1, 0.15) is 22.0 Å². The lowest BCUT2D eigenvalue weighted by atomic mass is 9.99. The highest BCUT2D eigenvalue weighted by molar-refractivity contribution is 6.33. The first-order valence-corrected chi connectivity index (χ1v) is 4.63. The van der Waals surface area contributed by atoms with Gasteiger partial charge >= 0.3 is 5.97 Å². The fourth-order valence-corrected chi connectivity index (χ4v) is 1.48. The Kier molecular flexibility index (Phi) is 3.52. The molecule has 15 heavy (non-hydrogen) atoms. The van der Waals surface area contributed by atoms with E-state index in [4.69, 9.17) is 33.9 Å². The fraction of sp³-hybridized carbons (Fsp3) is 0.222. The zero-order valence-electron chi connectivity index (χ0n) is 7.90. The molecule has 0 bridgehead atoms. The van der Waals surface area contributed by atoms with Crippen molar-refractivity contribution in [3.63, 3.8) is 0 Å². The Hall–Kier alpha value is -1.30. The van der Waals surface area contributed by atoms with E-state index in [1.165, 1.54) is 12.1 Å². The number of carboxylic acid groups (broad SMARTS) is 1. The van der Waals surface area contributed by atoms with Gasteiger partial charge in [-0.05, 0) is 12.1 Å². The van der Waals surface area contributed by atoms with E-state index in [9.17, 15) is 4.79 Å². The molecule has 0 amide bonds. The standard InChI is InChI=1S/C9H12ClN3O2/c10-5-2-1-4(9(14)15)7(8(5)13)6(12)3-11/h1-2,6H,3,11-13H2,(H,14,15)/t6-/m1/s1. The topological polar surface area (TPSA) is 115 Å². The number of aromatic carboxylic acids is 1. The average Bonchev–Trinajstić information content (AvgIpc) is 2.20. The zero-order chi connectivity index (χ0) is 11.6. The Morgan fingerprint density at radius 2 is 2.13 bits per heavy atom. The van der Waals surface area contributed by atoms with Gasteiger partial charge in [0.1, 0.15) is 0 Å². The lowest BCUT2D eigenvalue weighted by molar-refractivity contribution is 0.0695. The van der Waals surface area contributed by atoms with Gasteiger partial charge in [-0.25, -0.2) is 4.79 Å². The Labute approximate surface area is 91.8 Å². The van der Waals surface area contributed by atoms with Gasteiger partial charge in [0.05, 0.1) is 16.3 Å². The first-order valence-electron chi connectivity index (χ1n) is 4.25. The Bertz CT molecular complexity index is 395. The highest BCUT2D eigenvalue weighted by Crippen LogP contribution is 2.29. The molecule has 1 atom stereocenters. The summed E-state index contributed by atoms with van der Waals surface area (Å²) in [5.41, 5.74) is 17.2. The van der Waals surface area contributed by atoms with E-state index in [1.54, 1.807) is 0 Å². The predicted octanol–water partition coefficient (Wildman–Crippen LogP) is 0.579. The second-order valence-corrected chi connectivity index (χ2v) is 3.48. The van der Waals surface area contributed by atoms with Gasteiger partial charge in [0.15, 0.2) is 0 Å². The summed E-state index contributed by atoms with van der Waals surface area (Å²) >= 11 is 5.78. The summed E-state index contributed by atoms with van der Waals surface area (Å²) in [6.45, 7) is 0.102. The SMILES string of the molecule is NC[C@@H](N)c1c(C(=O)O)ccc(Cl)c1N. The number of halogens is 1. The molecule has 7 N–H and O–H groups in total. The van der Waals surface area contributed by atoms with E-state index < -0.39 is 12.0 Å². The van der Waals surface area contributed by atoms with Crippen molar-refractivity contribution in [3.05, 3.63) is 28.3 Å². The normalized spacial score (nSPS) is 12.5. The minimum absolute atomic E-state index is 0.0369. The largest absolute Gasteiger partial charge is 0.478 e. The number of nitrogen functional groups attached to an aromatic ring is 1. The monoisotopic (exact) mass is 229 g/mol. The van der Waals surface area contributed by atoms with Crippen LogP contribution in [0.5, 0.6) is 0 Å². The summed E-state index contributed by atoms with van der Waals surface area (Å²) in [6, 6.07) is 2.16. The summed E-state index contributed by atoms with van der Waals surface area (Å²) in [6.07, 6.45) is 0. The molecule has 0 radical (unpaired) electrons. The summed E-state index contributed by atoms with van der Waals surface area (Å²) < 4.78 is 0. The van der Waals surface area contributed by atoms with Crippen LogP contribution in [0, 0.1) is 0 Å². The molecule has 0 saturated carbocycles. The van der Waals surface area contributed by atoms with Crippen molar-refractivity contribution in [2.24, 2.45) is 11.5 Å². The van der Waals surface area contributed by atoms with Gasteiger partial charge in [0.25, 0.3) is 0 Å². The molecule has 0 unspecified atom stereocenters. The van der Waals surface area contributed by atoms with Gasteiger partial charge in [-0.2, -0.15) is 0 Å². The van der Waals surface area contributed by atoms with E-state index >= 15 is 0 Å². The third kappa shape index (κ3) is 2.20. The summed E-state index contributed by atoms with van der Waals surface area (Å²) in [5, 5.41) is 9.21. The number of carboxylic acids is 1. The molecule has 0 aliphatic heterocycles. The Morgan fingerprint density at radius 3 is 2.60 bits per heavy atom. The number of anilines is 1. The first-order chi connectivity index (χ1) is 6.99. The van der Waals surface area contributed by atoms with Crippen molar-refractivity contribution in [3.8, 4) is 0 Å². The van der Waals surface area contributed by atoms with Crippen LogP contribution in [-0.2, 0) is 0 Å². The van der Waals surface area contributed by atoms with Crippen LogP contribution < -0.4 is 17.2 Å². The predicted molar refractivity (Wildman–Crippen MR) is 58.8 cm³/mol. The second kappa shape index (κ2) is 4.48. The number of hydrogen-bond donors (Lipinski definition) is 4. The van der Waals surface area contributed by atoms with E-state index in [0.717, 1.165) is 0 Å². The van der Waals surface area contributed by atoms with E-state index in [2.05, 4.69) is 0 Å². The third-order valence-corrected chi connectivity index (χ3v) is 2.42. The molecule has 0 heterocycles. The van der Waals surface area contributed by atoms with Crippen LogP contribution in [0.15, 0.2) is 12.1 Å². The lowest BCUT2D eigenvalue weighted by Gasteiger charge is -2.16. The Morgan fingerprint density at radius 1 is 1.53 bits per heavy atom. The third-order valence-electron chi connectivity index (χ3n) is 2.09. The van der Waals surface area contributed by atoms with Crippen molar-refractivity contribution in [1.82, 2.24) is 0 Å². The lowest BCUT2D eigenvalue weighted by Crippen LogP contribution is -2.24. The van der Waals surface area contributed by atoms with Crippen LogP contribution in [0.3, 0.4) is 0 Å². The highest BCUT2D eigenvalue weighted by atomic mass is 35.5. The van der Waals surface area contributed by atoms with Gasteiger partial charge in [0, 0.05) is 18.2 Å². The maximum atomic E-state index is 10.9. The molecule has 0 aliphatic carbocycles. The molecule has 0 spiro atoms. The van der Waals surface area contributed by atoms with Crippen LogP contribution in [0.25, 0.3) is 0 Å². The number of benzene rings is 1. The van der Waals surface area contributed by atoms with Crippen LogP contribution in [-0.4, -0.2) is 17.6 Å². The summed E-state index contributed by atoms with van der Waals surface area (Å²) in [7, 11) is 0. The molecule has 1 aromatic rings. The summed E-state index contributed by atoms with van der Waals surface area (Å²) in [5.74, 6) is -1.10. The van der Waals surface area contributed by atoms with Crippen LogP contribution in [0.4, 0.5) is 5.69 Å². The van der Waals surface area contributed by atoms with Crippen LogP contribution in [0.2, 0.25) is 5.02 Å². The van der Waals surface area contributed by atoms with Crippen LogP contribution >= 0.6 is 11.6 Å². The Balaban J connectivity index is 3.41. The molecule has 0 aliphatic rings. The maximum Gasteiger partial charge on any atom is 0.336 e. The van der Waals surface area contributed by atoms with Crippen molar-refractivity contribution >= 4 is 23.3 Å². The quantitative estimate of drug-likeness (QED) is 0.566. The van der Waals surface area contributed by atoms with E-state index in [1.807, 2.05) is 0 Å². The van der Waals surface area contributed by atoms with Gasteiger partial charge in [-0.3, -0.25) is 0 Å². The average molecular weight is 230 g/mol. The summed E-state index contributed by atoms with van der Waals surface area (Å²) in [4.78, 5) is 10.9. The molecule has 6 heteroatoms. The van der Waals surface area contributed by atoms with Gasteiger partial charge in [0.2, 0.25) is 0 Å². The molecule has 0 aromatic heterocycles. The number of nitrogens with two attached hydrogens (primary N) is 3. The van der Waals surface area contributed by atoms with Crippen molar-refractivity contribution < 1.29 is 9.90 Å². The van der Waals surface area contributed by atoms with Crippen molar-refractivity contribution in [2.75, 3.05) is 12.3 Å². The molecular weight excluding hydrogens is 218 g/mol.